The third-order valence-electron chi connectivity index (χ3n) is 2.49. The van der Waals surface area contributed by atoms with Crippen molar-refractivity contribution >= 4 is 21.4 Å². The minimum absolute atomic E-state index is 0.403. The van der Waals surface area contributed by atoms with Crippen LogP contribution in [-0.2, 0) is 0 Å². The summed E-state index contributed by atoms with van der Waals surface area (Å²) in [5.41, 5.74) is 0. The molecule has 1 aromatic carbocycles. The van der Waals surface area contributed by atoms with Gasteiger partial charge in [0.15, 0.2) is 0 Å². The molecule has 2 aromatic rings. The van der Waals surface area contributed by atoms with E-state index in [1.807, 2.05) is 12.1 Å². The number of hydrogen-bond donors (Lipinski definition) is 2. The smallest absolute Gasteiger partial charge is 0.101 e. The van der Waals surface area contributed by atoms with E-state index in [4.69, 9.17) is 0 Å². The summed E-state index contributed by atoms with van der Waals surface area (Å²) in [6.45, 7) is 4.78. The van der Waals surface area contributed by atoms with E-state index < -0.39 is 6.10 Å². The fourth-order valence-corrected chi connectivity index (χ4v) is 2.67. The van der Waals surface area contributed by atoms with Gasteiger partial charge in [-0.3, -0.25) is 0 Å². The largest absolute Gasteiger partial charge is 0.386 e. The number of thiophene rings is 1. The van der Waals surface area contributed by atoms with Crippen LogP contribution in [0.2, 0.25) is 0 Å². The standard InChI is InChI=1S/C13H17NOS/c1-9(2)14-8-11(15)13-7-10-5-3-4-6-12(10)16-13/h3-7,9,11,14-15H,8H2,1-2H3. The zero-order chi connectivity index (χ0) is 11.5. The molecule has 0 fully saturated rings. The zero-order valence-corrected chi connectivity index (χ0v) is 10.4. The van der Waals surface area contributed by atoms with Gasteiger partial charge in [-0.1, -0.05) is 32.0 Å². The lowest BCUT2D eigenvalue weighted by Gasteiger charge is -2.12. The van der Waals surface area contributed by atoms with E-state index in [0.717, 1.165) is 4.88 Å². The van der Waals surface area contributed by atoms with Crippen molar-refractivity contribution in [3.8, 4) is 0 Å². The van der Waals surface area contributed by atoms with Crippen LogP contribution in [-0.4, -0.2) is 17.7 Å². The Balaban J connectivity index is 2.13. The molecule has 1 heterocycles. The number of aliphatic hydroxyl groups is 1. The molecule has 2 rings (SSSR count). The molecule has 0 aliphatic heterocycles. The maximum Gasteiger partial charge on any atom is 0.101 e. The molecule has 1 unspecified atom stereocenters. The molecular formula is C13H17NOS. The molecule has 0 aliphatic rings. The lowest BCUT2D eigenvalue weighted by atomic mass is 10.2. The average molecular weight is 235 g/mol. The van der Waals surface area contributed by atoms with Crippen LogP contribution in [0.1, 0.15) is 24.8 Å². The predicted octanol–water partition coefficient (Wildman–Crippen LogP) is 2.93. The predicted molar refractivity (Wildman–Crippen MR) is 69.9 cm³/mol. The van der Waals surface area contributed by atoms with Gasteiger partial charge in [-0.05, 0) is 17.5 Å². The first-order valence-corrected chi connectivity index (χ1v) is 6.38. The lowest BCUT2D eigenvalue weighted by molar-refractivity contribution is 0.175. The Morgan fingerprint density at radius 2 is 2.06 bits per heavy atom. The summed E-state index contributed by atoms with van der Waals surface area (Å²) in [6, 6.07) is 10.7. The fraction of sp³-hybridized carbons (Fsp3) is 0.385. The first-order chi connectivity index (χ1) is 7.66. The number of fused-ring (bicyclic) bond motifs is 1. The van der Waals surface area contributed by atoms with Crippen molar-refractivity contribution in [1.29, 1.82) is 0 Å². The van der Waals surface area contributed by atoms with E-state index >= 15 is 0 Å². The molecule has 0 bridgehead atoms. The van der Waals surface area contributed by atoms with Crippen LogP contribution < -0.4 is 5.32 Å². The van der Waals surface area contributed by atoms with Gasteiger partial charge in [-0.2, -0.15) is 0 Å². The van der Waals surface area contributed by atoms with E-state index in [9.17, 15) is 5.11 Å². The summed E-state index contributed by atoms with van der Waals surface area (Å²) in [5, 5.41) is 14.5. The minimum atomic E-state index is -0.403. The van der Waals surface area contributed by atoms with Crippen LogP contribution in [0.3, 0.4) is 0 Å². The van der Waals surface area contributed by atoms with Crippen molar-refractivity contribution < 1.29 is 5.11 Å². The first-order valence-electron chi connectivity index (χ1n) is 5.57. The highest BCUT2D eigenvalue weighted by Crippen LogP contribution is 2.29. The number of hydrogen-bond acceptors (Lipinski definition) is 3. The average Bonchev–Trinajstić information content (AvgIpc) is 2.69. The Hall–Kier alpha value is -0.900. The number of rotatable bonds is 4. The second kappa shape index (κ2) is 4.95. The third-order valence-corrected chi connectivity index (χ3v) is 3.71. The van der Waals surface area contributed by atoms with Gasteiger partial charge in [-0.15, -0.1) is 11.3 Å². The molecule has 2 nitrogen and oxygen atoms in total. The van der Waals surface area contributed by atoms with E-state index in [-0.39, 0.29) is 0 Å². The van der Waals surface area contributed by atoms with Gasteiger partial charge in [0.1, 0.15) is 6.10 Å². The van der Waals surface area contributed by atoms with Crippen LogP contribution in [0.25, 0.3) is 10.1 Å². The molecule has 0 spiro atoms. The maximum absolute atomic E-state index is 10.0. The summed E-state index contributed by atoms with van der Waals surface area (Å²) in [5.74, 6) is 0. The molecule has 0 saturated heterocycles. The number of benzene rings is 1. The van der Waals surface area contributed by atoms with Crippen LogP contribution in [0.4, 0.5) is 0 Å². The van der Waals surface area contributed by atoms with Crippen molar-refractivity contribution in [3.05, 3.63) is 35.2 Å². The first kappa shape index (κ1) is 11.6. The summed E-state index contributed by atoms with van der Waals surface area (Å²) in [6.07, 6.45) is -0.403. The number of nitrogens with one attached hydrogen (secondary N) is 1. The highest BCUT2D eigenvalue weighted by molar-refractivity contribution is 7.19. The van der Waals surface area contributed by atoms with Crippen molar-refractivity contribution in [3.63, 3.8) is 0 Å². The monoisotopic (exact) mass is 235 g/mol. The summed E-state index contributed by atoms with van der Waals surface area (Å²) in [7, 11) is 0. The Labute approximate surface area is 99.9 Å². The SMILES string of the molecule is CC(C)NCC(O)c1cc2ccccc2s1. The molecule has 3 heteroatoms. The fourth-order valence-electron chi connectivity index (χ4n) is 1.61. The molecule has 2 N–H and O–H groups in total. The number of aliphatic hydroxyl groups excluding tert-OH is 1. The van der Waals surface area contributed by atoms with E-state index in [1.54, 1.807) is 11.3 Å². The van der Waals surface area contributed by atoms with Crippen molar-refractivity contribution in [2.24, 2.45) is 0 Å². The van der Waals surface area contributed by atoms with E-state index in [0.29, 0.717) is 12.6 Å². The molecule has 0 amide bonds. The second-order valence-corrected chi connectivity index (χ2v) is 5.38. The zero-order valence-electron chi connectivity index (χ0n) is 9.60. The van der Waals surface area contributed by atoms with Crippen molar-refractivity contribution in [2.45, 2.75) is 26.0 Å². The molecule has 0 radical (unpaired) electrons. The molecule has 0 saturated carbocycles. The van der Waals surface area contributed by atoms with Crippen molar-refractivity contribution in [1.82, 2.24) is 5.32 Å². The molecule has 86 valence electrons. The minimum Gasteiger partial charge on any atom is -0.386 e. The highest BCUT2D eigenvalue weighted by Gasteiger charge is 2.11. The van der Waals surface area contributed by atoms with Gasteiger partial charge in [0, 0.05) is 22.2 Å². The topological polar surface area (TPSA) is 32.3 Å². The van der Waals surface area contributed by atoms with Gasteiger partial charge < -0.3 is 10.4 Å². The van der Waals surface area contributed by atoms with Crippen LogP contribution >= 0.6 is 11.3 Å². The molecule has 1 aromatic heterocycles. The van der Waals surface area contributed by atoms with E-state index in [1.165, 1.54) is 10.1 Å². The van der Waals surface area contributed by atoms with Crippen LogP contribution in [0, 0.1) is 0 Å². The van der Waals surface area contributed by atoms with Gasteiger partial charge in [0.05, 0.1) is 0 Å². The van der Waals surface area contributed by atoms with Gasteiger partial charge in [0.2, 0.25) is 0 Å². The summed E-state index contributed by atoms with van der Waals surface area (Å²) in [4.78, 5) is 1.04. The summed E-state index contributed by atoms with van der Waals surface area (Å²) < 4.78 is 1.24. The highest BCUT2D eigenvalue weighted by atomic mass is 32.1. The third kappa shape index (κ3) is 2.61. The molecule has 0 aliphatic carbocycles. The Kier molecular flexibility index (Phi) is 3.59. The van der Waals surface area contributed by atoms with Gasteiger partial charge in [0.25, 0.3) is 0 Å². The van der Waals surface area contributed by atoms with Gasteiger partial charge >= 0.3 is 0 Å². The van der Waals surface area contributed by atoms with E-state index in [2.05, 4.69) is 37.4 Å². The van der Waals surface area contributed by atoms with Gasteiger partial charge in [-0.25, -0.2) is 0 Å². The molecule has 16 heavy (non-hydrogen) atoms. The Morgan fingerprint density at radius 1 is 1.31 bits per heavy atom. The van der Waals surface area contributed by atoms with Crippen molar-refractivity contribution in [2.75, 3.05) is 6.54 Å². The molecule has 1 atom stereocenters. The molecular weight excluding hydrogens is 218 g/mol. The Morgan fingerprint density at radius 3 is 2.75 bits per heavy atom. The van der Waals surface area contributed by atoms with Crippen LogP contribution in [0.15, 0.2) is 30.3 Å². The Bertz CT molecular complexity index is 431. The quantitative estimate of drug-likeness (QED) is 0.854. The summed E-state index contributed by atoms with van der Waals surface area (Å²) >= 11 is 1.67. The lowest BCUT2D eigenvalue weighted by Crippen LogP contribution is -2.27. The second-order valence-electron chi connectivity index (χ2n) is 4.27. The van der Waals surface area contributed by atoms with Crippen LogP contribution in [0.5, 0.6) is 0 Å². The maximum atomic E-state index is 10.0. The normalized spacial score (nSPS) is 13.5.